The number of halogens is 2. The largest absolute Gasteiger partial charge is 0.353 e. The second-order valence-electron chi connectivity index (χ2n) is 5.65. The predicted octanol–water partition coefficient (Wildman–Crippen LogP) is 1.46. The third kappa shape index (κ3) is 2.52. The number of nitrogens with one attached hydrogen (secondary N) is 1. The summed E-state index contributed by atoms with van der Waals surface area (Å²) in [5, 5.41) is 2.98. The Hall–Kier alpha value is 0.810. The van der Waals surface area contributed by atoms with E-state index in [9.17, 15) is 4.79 Å². The van der Waals surface area contributed by atoms with Gasteiger partial charge in [0.05, 0.1) is 6.10 Å². The van der Waals surface area contributed by atoms with Crippen LogP contribution in [0.5, 0.6) is 0 Å². The second-order valence-corrected chi connectivity index (χ2v) is 8.00. The lowest BCUT2D eigenvalue weighted by Crippen LogP contribution is -2.57. The Morgan fingerprint density at radius 3 is 2.67 bits per heavy atom. The lowest BCUT2D eigenvalue weighted by Gasteiger charge is -2.48. The number of amides is 1. The molecule has 3 atom stereocenters. The Kier molecular flexibility index (Phi) is 3.81. The number of hydrogen-bond acceptors (Lipinski definition) is 4. The number of hydrogen-bond donors (Lipinski definition) is 1. The molecule has 5 nitrogen and oxygen atoms in total. The zero-order chi connectivity index (χ0) is 12.9. The summed E-state index contributed by atoms with van der Waals surface area (Å²) >= 11 is 4.19. The highest BCUT2D eigenvalue weighted by molar-refractivity contribution is 14.1. The summed E-state index contributed by atoms with van der Waals surface area (Å²) in [6, 6.07) is 0. The number of carbonyl (C=O) groups is 1. The van der Waals surface area contributed by atoms with Gasteiger partial charge in [-0.3, -0.25) is 9.69 Å². The van der Waals surface area contributed by atoms with Crippen LogP contribution in [0.2, 0.25) is 0 Å². The average molecular weight is 477 g/mol. The highest BCUT2D eigenvalue weighted by Gasteiger charge is 2.57. The van der Waals surface area contributed by atoms with Crippen molar-refractivity contribution < 1.29 is 9.53 Å². The Labute approximate surface area is 135 Å². The van der Waals surface area contributed by atoms with E-state index in [1.165, 1.54) is 0 Å². The molecule has 1 amide bonds. The minimum absolute atomic E-state index is 0.0443. The molecule has 0 aromatic rings. The normalized spacial score (nSPS) is 38.7. The van der Waals surface area contributed by atoms with Gasteiger partial charge < -0.3 is 10.1 Å². The van der Waals surface area contributed by atoms with Gasteiger partial charge in [-0.25, -0.2) is 3.11 Å². The fraction of sp³-hybridized carbons (Fsp3) is 0.909. The van der Waals surface area contributed by atoms with Crippen LogP contribution in [0.4, 0.5) is 4.79 Å². The van der Waals surface area contributed by atoms with Gasteiger partial charge in [-0.15, -0.1) is 0 Å². The van der Waals surface area contributed by atoms with Gasteiger partial charge in [0.25, 0.3) is 3.91 Å². The summed E-state index contributed by atoms with van der Waals surface area (Å²) in [5.74, 6) is 0.554. The van der Waals surface area contributed by atoms with Crippen LogP contribution in [0.15, 0.2) is 0 Å². The number of ether oxygens (including phenoxy) is 1. The van der Waals surface area contributed by atoms with E-state index >= 15 is 0 Å². The van der Waals surface area contributed by atoms with Gasteiger partial charge in [0.15, 0.2) is 0 Å². The molecular formula is C11H17I2N3O2. The molecule has 3 unspecified atom stereocenters. The number of rotatable bonds is 3. The smallest absolute Gasteiger partial charge is 0.280 e. The van der Waals surface area contributed by atoms with Crippen molar-refractivity contribution in [2.75, 3.05) is 32.7 Å². The average Bonchev–Trinajstić information content (AvgIpc) is 2.85. The summed E-state index contributed by atoms with van der Waals surface area (Å²) in [4.78, 5) is 13.5. The summed E-state index contributed by atoms with van der Waals surface area (Å²) in [7, 11) is 0. The van der Waals surface area contributed by atoms with Gasteiger partial charge in [-0.2, -0.15) is 0 Å². The van der Waals surface area contributed by atoms with Gasteiger partial charge in [0.2, 0.25) is 0 Å². The SMILES string of the molecule is CC1OC1N1CC(CNC(=O)I)C2(CN(I)C2)C1. The zero-order valence-electron chi connectivity index (χ0n) is 10.2. The number of epoxide rings is 1. The van der Waals surface area contributed by atoms with Crippen molar-refractivity contribution in [3.63, 3.8) is 0 Å². The van der Waals surface area contributed by atoms with Gasteiger partial charge in [0.1, 0.15) is 6.23 Å². The molecule has 0 aromatic carbocycles. The minimum Gasteiger partial charge on any atom is -0.353 e. The summed E-state index contributed by atoms with van der Waals surface area (Å²) in [6.45, 7) is 7.35. The van der Waals surface area contributed by atoms with E-state index in [4.69, 9.17) is 4.74 Å². The minimum atomic E-state index is 0.0443. The molecule has 0 saturated carbocycles. The first-order valence-corrected chi connectivity index (χ1v) is 8.28. The standard InChI is InChI=1S/C11H17I2N3O2/c1-7-9(18-7)15-3-8(2-14-10(12)17)11(4-15)5-16(13)6-11/h7-9H,2-6H2,1H3,(H,14,17). The van der Waals surface area contributed by atoms with Gasteiger partial charge in [-0.1, -0.05) is 0 Å². The van der Waals surface area contributed by atoms with E-state index in [0.717, 1.165) is 32.7 Å². The summed E-state index contributed by atoms with van der Waals surface area (Å²) in [5.41, 5.74) is 0.367. The van der Waals surface area contributed by atoms with Crippen molar-refractivity contribution in [2.45, 2.75) is 19.3 Å². The van der Waals surface area contributed by atoms with Crippen LogP contribution in [0.25, 0.3) is 0 Å². The molecule has 102 valence electrons. The Morgan fingerprint density at radius 1 is 1.50 bits per heavy atom. The molecule has 0 bridgehead atoms. The molecule has 0 aliphatic carbocycles. The quantitative estimate of drug-likeness (QED) is 0.220. The molecule has 0 radical (unpaired) electrons. The van der Waals surface area contributed by atoms with Crippen molar-refractivity contribution in [3.05, 3.63) is 0 Å². The summed E-state index contributed by atoms with van der Waals surface area (Å²) < 4.78 is 7.96. The zero-order valence-corrected chi connectivity index (χ0v) is 14.5. The van der Waals surface area contributed by atoms with Crippen LogP contribution in [0, 0.1) is 11.3 Å². The van der Waals surface area contributed by atoms with Crippen LogP contribution in [0.1, 0.15) is 6.92 Å². The molecule has 3 aliphatic rings. The molecule has 3 aliphatic heterocycles. The van der Waals surface area contributed by atoms with Crippen LogP contribution in [-0.2, 0) is 4.74 Å². The Morgan fingerprint density at radius 2 is 2.17 bits per heavy atom. The molecule has 1 spiro atoms. The molecular weight excluding hydrogens is 460 g/mol. The first-order valence-electron chi connectivity index (χ1n) is 6.24. The molecule has 1 N–H and O–H groups in total. The Balaban J connectivity index is 1.64. The topological polar surface area (TPSA) is 48.1 Å². The molecule has 7 heteroatoms. The van der Waals surface area contributed by atoms with E-state index in [2.05, 4.69) is 43.1 Å². The van der Waals surface area contributed by atoms with Crippen molar-refractivity contribution in [2.24, 2.45) is 11.3 Å². The molecule has 3 fully saturated rings. The first kappa shape index (κ1) is 13.8. The maximum atomic E-state index is 11.1. The highest BCUT2D eigenvalue weighted by atomic mass is 127. The molecule has 18 heavy (non-hydrogen) atoms. The van der Waals surface area contributed by atoms with Gasteiger partial charge in [0, 0.05) is 83.6 Å². The predicted molar refractivity (Wildman–Crippen MR) is 84.8 cm³/mol. The first-order chi connectivity index (χ1) is 8.50. The van der Waals surface area contributed by atoms with Crippen LogP contribution >= 0.6 is 45.5 Å². The third-order valence-corrected chi connectivity index (χ3v) is 5.40. The van der Waals surface area contributed by atoms with E-state index in [-0.39, 0.29) is 3.91 Å². The Bertz CT molecular complexity index is 362. The van der Waals surface area contributed by atoms with Crippen LogP contribution < -0.4 is 5.32 Å². The summed E-state index contributed by atoms with van der Waals surface area (Å²) in [6.07, 6.45) is 0.709. The van der Waals surface area contributed by atoms with Gasteiger partial charge in [-0.05, 0) is 12.8 Å². The molecule has 0 aromatic heterocycles. The molecule has 3 rings (SSSR count). The maximum Gasteiger partial charge on any atom is 0.280 e. The lowest BCUT2D eigenvalue weighted by molar-refractivity contribution is 0.0580. The fourth-order valence-electron chi connectivity index (χ4n) is 3.31. The van der Waals surface area contributed by atoms with E-state index in [1.54, 1.807) is 0 Å². The van der Waals surface area contributed by atoms with Crippen LogP contribution in [-0.4, -0.2) is 57.0 Å². The number of carbonyl (C=O) groups excluding carboxylic acids is 1. The lowest BCUT2D eigenvalue weighted by atomic mass is 9.73. The second kappa shape index (κ2) is 4.97. The highest BCUT2D eigenvalue weighted by Crippen LogP contribution is 2.47. The molecule has 3 heterocycles. The van der Waals surface area contributed by atoms with Crippen LogP contribution in [0.3, 0.4) is 0 Å². The van der Waals surface area contributed by atoms with E-state index < -0.39 is 0 Å². The van der Waals surface area contributed by atoms with Crippen molar-refractivity contribution in [3.8, 4) is 0 Å². The van der Waals surface area contributed by atoms with Crippen molar-refractivity contribution in [1.29, 1.82) is 0 Å². The van der Waals surface area contributed by atoms with Crippen molar-refractivity contribution >= 4 is 49.4 Å². The monoisotopic (exact) mass is 477 g/mol. The number of likely N-dealkylation sites (tertiary alicyclic amines) is 1. The van der Waals surface area contributed by atoms with E-state index in [1.807, 2.05) is 22.6 Å². The van der Waals surface area contributed by atoms with Gasteiger partial charge >= 0.3 is 0 Å². The molecule has 3 saturated heterocycles. The third-order valence-electron chi connectivity index (χ3n) is 4.34. The van der Waals surface area contributed by atoms with E-state index in [0.29, 0.717) is 23.7 Å². The fourth-order valence-corrected chi connectivity index (χ4v) is 4.88. The number of nitrogens with zero attached hydrogens (tertiary/aromatic N) is 2. The van der Waals surface area contributed by atoms with Crippen molar-refractivity contribution in [1.82, 2.24) is 13.3 Å². The maximum absolute atomic E-state index is 11.1.